The summed E-state index contributed by atoms with van der Waals surface area (Å²) in [7, 11) is 0. The average molecular weight is 346 g/mol. The van der Waals surface area contributed by atoms with Gasteiger partial charge < -0.3 is 4.74 Å². The van der Waals surface area contributed by atoms with E-state index in [0.717, 1.165) is 24.5 Å². The van der Waals surface area contributed by atoms with Gasteiger partial charge >= 0.3 is 6.36 Å². The Morgan fingerprint density at radius 1 is 0.840 bits per heavy atom. The SMILES string of the molecule is O=C1c2cnncc2C(=O)c2nc3cc(OC(F)(F)F)ccc3nc21. The van der Waals surface area contributed by atoms with Gasteiger partial charge in [-0.1, -0.05) is 0 Å². The molecule has 0 radical (unpaired) electrons. The van der Waals surface area contributed by atoms with E-state index in [0.29, 0.717) is 0 Å². The highest BCUT2D eigenvalue weighted by molar-refractivity contribution is 6.27. The Kier molecular flexibility index (Phi) is 3.04. The maximum atomic E-state index is 12.5. The molecule has 10 heteroatoms. The standard InChI is InChI=1S/C15H5F3N4O3/c16-15(17,18)25-6-1-2-9-10(3-6)22-12-11(21-9)13(23)7-4-19-20-5-8(7)14(12)24/h1-5H. The van der Waals surface area contributed by atoms with Crippen molar-refractivity contribution in [3.8, 4) is 5.75 Å². The molecule has 1 aliphatic carbocycles. The minimum Gasteiger partial charge on any atom is -0.406 e. The van der Waals surface area contributed by atoms with Crippen molar-refractivity contribution < 1.29 is 27.5 Å². The molecular weight excluding hydrogens is 341 g/mol. The minimum atomic E-state index is -4.86. The molecule has 1 aliphatic rings. The van der Waals surface area contributed by atoms with Crippen molar-refractivity contribution in [2.75, 3.05) is 0 Å². The molecule has 0 aliphatic heterocycles. The first kappa shape index (κ1) is 15.1. The molecule has 0 fully saturated rings. The summed E-state index contributed by atoms with van der Waals surface area (Å²) in [5.74, 6) is -1.66. The fourth-order valence-electron chi connectivity index (χ4n) is 2.49. The topological polar surface area (TPSA) is 94.9 Å². The van der Waals surface area contributed by atoms with Gasteiger partial charge in [-0.25, -0.2) is 9.97 Å². The van der Waals surface area contributed by atoms with Crippen LogP contribution in [0.5, 0.6) is 5.75 Å². The van der Waals surface area contributed by atoms with E-state index in [4.69, 9.17) is 0 Å². The van der Waals surface area contributed by atoms with Gasteiger partial charge in [0.1, 0.15) is 17.1 Å². The second kappa shape index (κ2) is 5.03. The van der Waals surface area contributed by atoms with Crippen molar-refractivity contribution in [3.63, 3.8) is 0 Å². The van der Waals surface area contributed by atoms with Crippen molar-refractivity contribution in [2.45, 2.75) is 6.36 Å². The molecule has 124 valence electrons. The third kappa shape index (κ3) is 2.47. The molecule has 0 N–H and O–H groups in total. The van der Waals surface area contributed by atoms with Crippen LogP contribution in [0.15, 0.2) is 30.6 Å². The third-order valence-corrected chi connectivity index (χ3v) is 3.52. The van der Waals surface area contributed by atoms with Gasteiger partial charge in [0.15, 0.2) is 0 Å². The molecule has 0 amide bonds. The summed E-state index contributed by atoms with van der Waals surface area (Å²) in [6, 6.07) is 3.27. The summed E-state index contributed by atoms with van der Waals surface area (Å²) < 4.78 is 40.8. The van der Waals surface area contributed by atoms with Gasteiger partial charge in [-0.3, -0.25) is 9.59 Å². The molecule has 0 saturated carbocycles. The van der Waals surface area contributed by atoms with Crippen LogP contribution in [0, 0.1) is 0 Å². The van der Waals surface area contributed by atoms with E-state index in [1.54, 1.807) is 0 Å². The number of carbonyl (C=O) groups is 2. The highest BCUT2D eigenvalue weighted by Crippen LogP contribution is 2.28. The lowest BCUT2D eigenvalue weighted by molar-refractivity contribution is -0.274. The van der Waals surface area contributed by atoms with Gasteiger partial charge in [-0.05, 0) is 12.1 Å². The third-order valence-electron chi connectivity index (χ3n) is 3.52. The Morgan fingerprint density at radius 2 is 1.40 bits per heavy atom. The molecule has 0 saturated heterocycles. The number of hydrogen-bond donors (Lipinski definition) is 0. The van der Waals surface area contributed by atoms with E-state index in [-0.39, 0.29) is 33.5 Å². The van der Waals surface area contributed by atoms with Gasteiger partial charge in [0.2, 0.25) is 11.6 Å². The van der Waals surface area contributed by atoms with E-state index in [2.05, 4.69) is 24.9 Å². The first-order chi connectivity index (χ1) is 11.8. The second-order valence-corrected chi connectivity index (χ2v) is 5.09. The summed E-state index contributed by atoms with van der Waals surface area (Å²) in [6.07, 6.45) is -2.57. The fourth-order valence-corrected chi connectivity index (χ4v) is 2.49. The summed E-state index contributed by atoms with van der Waals surface area (Å²) in [5, 5.41) is 7.13. The molecule has 4 rings (SSSR count). The summed E-state index contributed by atoms with van der Waals surface area (Å²) in [6.45, 7) is 0. The second-order valence-electron chi connectivity index (χ2n) is 5.09. The summed E-state index contributed by atoms with van der Waals surface area (Å²) >= 11 is 0. The van der Waals surface area contributed by atoms with Crippen molar-refractivity contribution in [3.05, 3.63) is 53.1 Å². The maximum absolute atomic E-state index is 12.5. The number of ketones is 2. The summed E-state index contributed by atoms with van der Waals surface area (Å²) in [4.78, 5) is 33.0. The zero-order valence-electron chi connectivity index (χ0n) is 12.0. The number of halogens is 3. The van der Waals surface area contributed by atoms with Crippen LogP contribution in [0.3, 0.4) is 0 Å². The Hall–Kier alpha value is -3.43. The Morgan fingerprint density at radius 3 is 1.96 bits per heavy atom. The molecule has 2 heterocycles. The van der Waals surface area contributed by atoms with E-state index in [1.807, 2.05) is 0 Å². The predicted octanol–water partition coefficient (Wildman–Crippen LogP) is 2.09. The Balaban J connectivity index is 1.88. The number of aromatic nitrogens is 4. The normalized spacial score (nSPS) is 13.6. The van der Waals surface area contributed by atoms with Crippen molar-refractivity contribution in [2.24, 2.45) is 0 Å². The summed E-state index contributed by atoms with van der Waals surface area (Å²) in [5.41, 5.74) is -0.210. The van der Waals surface area contributed by atoms with E-state index in [1.165, 1.54) is 6.07 Å². The molecule has 0 spiro atoms. The molecule has 25 heavy (non-hydrogen) atoms. The monoisotopic (exact) mass is 346 g/mol. The number of benzene rings is 1. The van der Waals surface area contributed by atoms with Gasteiger partial charge in [0.05, 0.1) is 34.6 Å². The van der Waals surface area contributed by atoms with Gasteiger partial charge in [0.25, 0.3) is 0 Å². The molecule has 7 nitrogen and oxygen atoms in total. The van der Waals surface area contributed by atoms with E-state index < -0.39 is 23.7 Å². The molecule has 1 aromatic carbocycles. The first-order valence-corrected chi connectivity index (χ1v) is 6.81. The largest absolute Gasteiger partial charge is 0.573 e. The molecule has 3 aromatic rings. The van der Waals surface area contributed by atoms with Crippen molar-refractivity contribution >= 4 is 22.6 Å². The molecule has 2 aromatic heterocycles. The van der Waals surface area contributed by atoms with E-state index in [9.17, 15) is 22.8 Å². The molecule has 0 unspecified atom stereocenters. The smallest absolute Gasteiger partial charge is 0.406 e. The number of alkyl halides is 3. The van der Waals surface area contributed by atoms with Crippen LogP contribution in [0.1, 0.15) is 32.1 Å². The number of ether oxygens (including phenoxy) is 1. The van der Waals surface area contributed by atoms with Crippen LogP contribution in [-0.2, 0) is 0 Å². The predicted molar refractivity (Wildman–Crippen MR) is 75.1 cm³/mol. The first-order valence-electron chi connectivity index (χ1n) is 6.81. The fraction of sp³-hybridized carbons (Fsp3) is 0.0667. The number of nitrogens with zero attached hydrogens (tertiary/aromatic N) is 4. The van der Waals surface area contributed by atoms with Crippen LogP contribution < -0.4 is 4.74 Å². The van der Waals surface area contributed by atoms with Crippen LogP contribution >= 0.6 is 0 Å². The minimum absolute atomic E-state index is 0.00730. The van der Waals surface area contributed by atoms with Gasteiger partial charge in [0, 0.05) is 6.07 Å². The lowest BCUT2D eigenvalue weighted by Gasteiger charge is -2.15. The maximum Gasteiger partial charge on any atom is 0.573 e. The van der Waals surface area contributed by atoms with Gasteiger partial charge in [-0.15, -0.1) is 13.2 Å². The van der Waals surface area contributed by atoms with E-state index >= 15 is 0 Å². The highest BCUT2D eigenvalue weighted by Gasteiger charge is 2.34. The number of carbonyl (C=O) groups excluding carboxylic acids is 2. The highest BCUT2D eigenvalue weighted by atomic mass is 19.4. The van der Waals surface area contributed by atoms with Crippen LogP contribution in [-0.4, -0.2) is 38.1 Å². The number of hydrogen-bond acceptors (Lipinski definition) is 7. The quantitative estimate of drug-likeness (QED) is 0.521. The van der Waals surface area contributed by atoms with Crippen molar-refractivity contribution in [1.29, 1.82) is 0 Å². The molecule has 0 atom stereocenters. The van der Waals surface area contributed by atoms with Crippen molar-refractivity contribution in [1.82, 2.24) is 20.2 Å². The van der Waals surface area contributed by atoms with Crippen LogP contribution in [0.4, 0.5) is 13.2 Å². The average Bonchev–Trinajstić information content (AvgIpc) is 2.57. The number of fused-ring (bicyclic) bond motifs is 3. The molecule has 0 bridgehead atoms. The lowest BCUT2D eigenvalue weighted by atomic mass is 9.92. The van der Waals surface area contributed by atoms with Crippen LogP contribution in [0.2, 0.25) is 0 Å². The van der Waals surface area contributed by atoms with Gasteiger partial charge in [-0.2, -0.15) is 10.2 Å². The molecular formula is C15H5F3N4O3. The zero-order chi connectivity index (χ0) is 17.8. The lowest BCUT2D eigenvalue weighted by Crippen LogP contribution is -2.24. The van der Waals surface area contributed by atoms with Crippen LogP contribution in [0.25, 0.3) is 11.0 Å². The Labute approximate surface area is 136 Å². The zero-order valence-corrected chi connectivity index (χ0v) is 12.0. The Bertz CT molecular complexity index is 1070. The number of rotatable bonds is 1.